The molecule has 252 valence electrons. The largest absolute Gasteiger partial charge is 0.461 e. The Balaban J connectivity index is 0.000000207. The number of rotatable bonds is 5. The number of halogens is 4. The van der Waals surface area contributed by atoms with Crippen molar-refractivity contribution in [3.05, 3.63) is 89.8 Å². The number of furan rings is 1. The maximum Gasteiger partial charge on any atom is 0.255 e. The van der Waals surface area contributed by atoms with E-state index in [1.54, 1.807) is 24.5 Å². The van der Waals surface area contributed by atoms with E-state index in [9.17, 15) is 17.6 Å². The molecule has 0 spiro atoms. The number of hydrogen-bond acceptors (Lipinski definition) is 9. The fourth-order valence-electron chi connectivity index (χ4n) is 5.61. The molecule has 2 aliphatic rings. The number of hydrogen-bond donors (Lipinski definition) is 1. The summed E-state index contributed by atoms with van der Waals surface area (Å²) in [6.07, 6.45) is 6.79. The summed E-state index contributed by atoms with van der Waals surface area (Å²) >= 11 is 0. The lowest BCUT2D eigenvalue weighted by molar-refractivity contribution is 0.287. The minimum absolute atomic E-state index is 0.343. The second-order valence-electron chi connectivity index (χ2n) is 11.4. The first-order valence-electron chi connectivity index (χ1n) is 15.6. The van der Waals surface area contributed by atoms with Crippen LogP contribution in [0.1, 0.15) is 5.69 Å². The molecule has 0 saturated carbocycles. The van der Waals surface area contributed by atoms with E-state index in [1.807, 2.05) is 9.80 Å². The van der Waals surface area contributed by atoms with Crippen molar-refractivity contribution < 1.29 is 22.0 Å². The quantitative estimate of drug-likeness (QED) is 0.219. The van der Waals surface area contributed by atoms with Gasteiger partial charge < -0.3 is 20.0 Å². The Labute approximate surface area is 280 Å². The third-order valence-corrected chi connectivity index (χ3v) is 8.16. The number of aromatic nitrogens is 4. The van der Waals surface area contributed by atoms with Gasteiger partial charge in [0.2, 0.25) is 5.82 Å². The van der Waals surface area contributed by atoms with E-state index in [1.165, 1.54) is 28.8 Å². The van der Waals surface area contributed by atoms with Crippen molar-refractivity contribution in [2.24, 2.45) is 0 Å². The lowest BCUT2D eigenvalue weighted by Crippen LogP contribution is -2.46. The Hall–Kier alpha value is -5.57. The molecule has 3 aromatic heterocycles. The van der Waals surface area contributed by atoms with Crippen LogP contribution in [-0.2, 0) is 0 Å². The zero-order valence-electron chi connectivity index (χ0n) is 26.5. The number of benzene rings is 2. The normalized spacial score (nSPS) is 15.3. The SMILES string of the molecule is C#CCN1CCN(c2ccc(F)cc2F)CC1.Nc1cc(C#CCN2CCN(c3ccc(F)cc3F)CC2)nc2nc(-c3ccco3)nn12. The van der Waals surface area contributed by atoms with Crippen molar-refractivity contribution in [1.29, 1.82) is 0 Å². The van der Waals surface area contributed by atoms with Crippen LogP contribution < -0.4 is 15.5 Å². The Morgan fingerprint density at radius 1 is 0.755 bits per heavy atom. The summed E-state index contributed by atoms with van der Waals surface area (Å²) in [7, 11) is 0. The summed E-state index contributed by atoms with van der Waals surface area (Å²) in [6, 6.07) is 12.5. The number of nitrogen functional groups attached to an aromatic ring is 1. The molecule has 0 atom stereocenters. The van der Waals surface area contributed by atoms with Gasteiger partial charge in [0, 0.05) is 70.6 Å². The Kier molecular flexibility index (Phi) is 10.3. The average Bonchev–Trinajstić information content (AvgIpc) is 3.78. The molecule has 0 unspecified atom stereocenters. The second-order valence-corrected chi connectivity index (χ2v) is 11.4. The molecule has 49 heavy (non-hydrogen) atoms. The first-order chi connectivity index (χ1) is 23.8. The van der Waals surface area contributed by atoms with Crippen molar-refractivity contribution in [2.45, 2.75) is 0 Å². The molecule has 2 saturated heterocycles. The predicted molar refractivity (Wildman–Crippen MR) is 179 cm³/mol. The zero-order valence-corrected chi connectivity index (χ0v) is 26.5. The Morgan fingerprint density at radius 3 is 1.88 bits per heavy atom. The minimum Gasteiger partial charge on any atom is -0.461 e. The highest BCUT2D eigenvalue weighted by atomic mass is 19.1. The second kappa shape index (κ2) is 15.1. The van der Waals surface area contributed by atoms with Crippen LogP contribution in [0.2, 0.25) is 0 Å². The molecular weight excluding hydrogens is 638 g/mol. The van der Waals surface area contributed by atoms with Crippen molar-refractivity contribution in [3.63, 3.8) is 0 Å². The van der Waals surface area contributed by atoms with Gasteiger partial charge in [-0.3, -0.25) is 9.80 Å². The third-order valence-electron chi connectivity index (χ3n) is 8.16. The monoisotopic (exact) mass is 671 g/mol. The molecule has 0 bridgehead atoms. The molecule has 5 heterocycles. The van der Waals surface area contributed by atoms with Gasteiger partial charge in [-0.25, -0.2) is 22.5 Å². The number of piperazine rings is 2. The number of fused-ring (bicyclic) bond motifs is 1. The fraction of sp³-hybridized carbons (Fsp3) is 0.286. The topological polar surface area (TPSA) is 95.2 Å². The van der Waals surface area contributed by atoms with Crippen molar-refractivity contribution in [2.75, 3.05) is 81.0 Å². The zero-order chi connectivity index (χ0) is 34.3. The smallest absolute Gasteiger partial charge is 0.255 e. The van der Waals surface area contributed by atoms with Crippen LogP contribution in [0.25, 0.3) is 17.4 Å². The summed E-state index contributed by atoms with van der Waals surface area (Å²) in [5, 5.41) is 4.31. The number of terminal acetylenes is 1. The van der Waals surface area contributed by atoms with Crippen LogP contribution in [0, 0.1) is 47.5 Å². The molecule has 5 aromatic rings. The fourth-order valence-corrected chi connectivity index (χ4v) is 5.61. The predicted octanol–water partition coefficient (Wildman–Crippen LogP) is 4.14. The maximum absolute atomic E-state index is 14.0. The molecule has 2 N–H and O–H groups in total. The van der Waals surface area contributed by atoms with Crippen molar-refractivity contribution in [1.82, 2.24) is 29.4 Å². The van der Waals surface area contributed by atoms with Crippen LogP contribution >= 0.6 is 0 Å². The number of nitrogens with two attached hydrogens (primary N) is 1. The molecular formula is C35H33F4N9O. The standard InChI is InChI=1S/C22H19F2N7O.C13H14F2N2/c23-15-5-6-18(17(24)13-15)30-10-8-29(9-11-30)7-1-3-16-14-20(25)31-22(26-16)27-21(28-31)19-4-2-12-32-19;1-2-5-16-6-8-17(9-7-16)13-4-3-11(14)10-12(13)15/h2,4-6,12-14H,7-11,25H2;1,3-4,10H,5-9H2. The van der Waals surface area contributed by atoms with Crippen molar-refractivity contribution >= 4 is 23.0 Å². The number of nitrogens with zero attached hydrogens (tertiary/aromatic N) is 8. The summed E-state index contributed by atoms with van der Waals surface area (Å²) in [6.45, 7) is 6.91. The first kappa shape index (κ1) is 33.3. The molecule has 7 rings (SSSR count). The van der Waals surface area contributed by atoms with Gasteiger partial charge in [0.05, 0.1) is 30.7 Å². The number of anilines is 3. The molecule has 2 fully saturated rings. The highest BCUT2D eigenvalue weighted by Crippen LogP contribution is 2.23. The molecule has 2 aliphatic heterocycles. The molecule has 0 amide bonds. The van der Waals surface area contributed by atoms with Gasteiger partial charge in [0.25, 0.3) is 5.78 Å². The highest BCUT2D eigenvalue weighted by Gasteiger charge is 2.20. The van der Waals surface area contributed by atoms with E-state index < -0.39 is 23.3 Å². The van der Waals surface area contributed by atoms with Crippen LogP contribution in [0.3, 0.4) is 0 Å². The Bertz CT molecular complexity index is 2000. The van der Waals surface area contributed by atoms with E-state index in [-0.39, 0.29) is 0 Å². The summed E-state index contributed by atoms with van der Waals surface area (Å²) in [5.74, 6) is 8.21. The van der Waals surface area contributed by atoms with Gasteiger partial charge in [-0.05, 0) is 42.3 Å². The summed E-state index contributed by atoms with van der Waals surface area (Å²) in [4.78, 5) is 16.9. The average molecular weight is 672 g/mol. The highest BCUT2D eigenvalue weighted by molar-refractivity contribution is 5.54. The van der Waals surface area contributed by atoms with Gasteiger partial charge in [-0.1, -0.05) is 11.8 Å². The van der Waals surface area contributed by atoms with Gasteiger partial charge in [0.1, 0.15) is 34.8 Å². The van der Waals surface area contributed by atoms with Gasteiger partial charge in [0.15, 0.2) is 5.76 Å². The summed E-state index contributed by atoms with van der Waals surface area (Å²) < 4.78 is 60.2. The van der Waals surface area contributed by atoms with E-state index in [0.29, 0.717) is 79.5 Å². The molecule has 10 nitrogen and oxygen atoms in total. The van der Waals surface area contributed by atoms with E-state index in [4.69, 9.17) is 16.6 Å². The molecule has 0 radical (unpaired) electrons. The Morgan fingerprint density at radius 2 is 1.35 bits per heavy atom. The van der Waals surface area contributed by atoms with Crippen LogP contribution in [0.4, 0.5) is 34.8 Å². The van der Waals surface area contributed by atoms with Crippen molar-refractivity contribution in [3.8, 4) is 35.8 Å². The van der Waals surface area contributed by atoms with Crippen LogP contribution in [-0.4, -0.2) is 94.8 Å². The van der Waals surface area contributed by atoms with Crippen LogP contribution in [0.5, 0.6) is 0 Å². The first-order valence-corrected chi connectivity index (χ1v) is 15.6. The molecule has 0 aliphatic carbocycles. The van der Waals surface area contributed by atoms with E-state index in [0.717, 1.165) is 38.3 Å². The van der Waals surface area contributed by atoms with Crippen LogP contribution in [0.15, 0.2) is 65.3 Å². The molecule has 14 heteroatoms. The minimum atomic E-state index is -0.573. The molecule has 2 aromatic carbocycles. The van der Waals surface area contributed by atoms with E-state index >= 15 is 0 Å². The van der Waals surface area contributed by atoms with Gasteiger partial charge >= 0.3 is 0 Å². The lowest BCUT2D eigenvalue weighted by atomic mass is 10.2. The van der Waals surface area contributed by atoms with Gasteiger partial charge in [-0.15, -0.1) is 11.5 Å². The lowest BCUT2D eigenvalue weighted by Gasteiger charge is -2.35. The maximum atomic E-state index is 14.0. The van der Waals surface area contributed by atoms with Gasteiger partial charge in [-0.2, -0.15) is 9.50 Å². The van der Waals surface area contributed by atoms with E-state index in [2.05, 4.69) is 42.6 Å². The third kappa shape index (κ3) is 8.12. The summed E-state index contributed by atoms with van der Waals surface area (Å²) in [5.41, 5.74) is 7.47.